The summed E-state index contributed by atoms with van der Waals surface area (Å²) in [6, 6.07) is 6.55. The normalized spacial score (nSPS) is 10.4. The van der Waals surface area contributed by atoms with Crippen molar-refractivity contribution in [2.75, 3.05) is 0 Å². The van der Waals surface area contributed by atoms with E-state index in [1.165, 1.54) is 6.07 Å². The molecular formula is C11H9NO2. The highest BCUT2D eigenvalue weighted by molar-refractivity contribution is 5.86. The smallest absolute Gasteiger partial charge is 0.189 e. The quantitative estimate of drug-likeness (QED) is 0.690. The molecule has 0 atom stereocenters. The summed E-state index contributed by atoms with van der Waals surface area (Å²) in [5, 5.41) is 0.556. The number of benzene rings is 1. The van der Waals surface area contributed by atoms with E-state index in [0.29, 0.717) is 10.9 Å². The number of rotatable bonds is 1. The van der Waals surface area contributed by atoms with Gasteiger partial charge in [0.2, 0.25) is 0 Å². The number of pyridine rings is 1. The van der Waals surface area contributed by atoms with Crippen LogP contribution in [0.4, 0.5) is 0 Å². The van der Waals surface area contributed by atoms with E-state index in [4.69, 9.17) is 0 Å². The number of hydrogen-bond donors (Lipinski definition) is 1. The second-order valence-corrected chi connectivity index (χ2v) is 3.24. The molecule has 0 aliphatic heterocycles. The standard InChI is InChI=1S/C11H9NO2/c1-7-4-11(14)9-5-8(6-13)2-3-10(9)12-7/h2-6H,1H3,(H,12,14). The molecule has 0 bridgehead atoms. The average Bonchev–Trinajstić information content (AvgIpc) is 2.17. The molecule has 0 aliphatic rings. The number of nitrogens with one attached hydrogen (secondary N) is 1. The fourth-order valence-corrected chi connectivity index (χ4v) is 1.47. The molecule has 1 aromatic carbocycles. The Morgan fingerprint density at radius 2 is 2.07 bits per heavy atom. The summed E-state index contributed by atoms with van der Waals surface area (Å²) >= 11 is 0. The average molecular weight is 187 g/mol. The number of aromatic nitrogens is 1. The van der Waals surface area contributed by atoms with E-state index in [1.807, 2.05) is 6.92 Å². The molecule has 0 amide bonds. The van der Waals surface area contributed by atoms with Crippen LogP contribution in [0.1, 0.15) is 16.1 Å². The van der Waals surface area contributed by atoms with E-state index in [0.717, 1.165) is 17.5 Å². The zero-order chi connectivity index (χ0) is 10.1. The number of carbonyl (C=O) groups excluding carboxylic acids is 1. The van der Waals surface area contributed by atoms with Gasteiger partial charge in [-0.25, -0.2) is 0 Å². The van der Waals surface area contributed by atoms with Gasteiger partial charge in [0, 0.05) is 28.2 Å². The van der Waals surface area contributed by atoms with Crippen molar-refractivity contribution in [2.45, 2.75) is 6.92 Å². The highest BCUT2D eigenvalue weighted by atomic mass is 16.1. The van der Waals surface area contributed by atoms with Gasteiger partial charge in [0.1, 0.15) is 6.29 Å². The molecule has 2 aromatic rings. The predicted octanol–water partition coefficient (Wildman–Crippen LogP) is 1.65. The third-order valence-electron chi connectivity index (χ3n) is 2.12. The molecule has 0 fully saturated rings. The fraction of sp³-hybridized carbons (Fsp3) is 0.0909. The Kier molecular flexibility index (Phi) is 1.93. The maximum atomic E-state index is 11.5. The maximum absolute atomic E-state index is 11.5. The van der Waals surface area contributed by atoms with Crippen molar-refractivity contribution in [1.29, 1.82) is 0 Å². The Bertz CT molecular complexity index is 555. The Labute approximate surface area is 80.4 Å². The number of aryl methyl sites for hydroxylation is 1. The van der Waals surface area contributed by atoms with Crippen molar-refractivity contribution in [1.82, 2.24) is 4.98 Å². The van der Waals surface area contributed by atoms with Gasteiger partial charge in [-0.05, 0) is 25.1 Å². The zero-order valence-electron chi connectivity index (χ0n) is 7.70. The Hall–Kier alpha value is -1.90. The van der Waals surface area contributed by atoms with E-state index in [-0.39, 0.29) is 5.43 Å². The van der Waals surface area contributed by atoms with E-state index < -0.39 is 0 Å². The second kappa shape index (κ2) is 3.10. The van der Waals surface area contributed by atoms with Crippen molar-refractivity contribution < 1.29 is 4.79 Å². The van der Waals surface area contributed by atoms with E-state index in [2.05, 4.69) is 4.98 Å². The van der Waals surface area contributed by atoms with Crippen molar-refractivity contribution in [2.24, 2.45) is 0 Å². The number of aldehydes is 1. The topological polar surface area (TPSA) is 49.9 Å². The number of fused-ring (bicyclic) bond motifs is 1. The van der Waals surface area contributed by atoms with Crippen LogP contribution in [0.25, 0.3) is 10.9 Å². The highest BCUT2D eigenvalue weighted by Gasteiger charge is 2.00. The van der Waals surface area contributed by atoms with Crippen molar-refractivity contribution in [3.05, 3.63) is 45.7 Å². The number of carbonyl (C=O) groups is 1. The molecule has 0 saturated heterocycles. The Morgan fingerprint density at radius 3 is 2.79 bits per heavy atom. The number of H-pyrrole nitrogens is 1. The summed E-state index contributed by atoms with van der Waals surface area (Å²) in [6.45, 7) is 1.83. The minimum Gasteiger partial charge on any atom is -0.358 e. The first-order valence-electron chi connectivity index (χ1n) is 4.29. The monoisotopic (exact) mass is 187 g/mol. The minimum absolute atomic E-state index is 0.0556. The summed E-state index contributed by atoms with van der Waals surface area (Å²) in [6.07, 6.45) is 0.735. The summed E-state index contributed by atoms with van der Waals surface area (Å²) in [5.41, 5.74) is 2.05. The third kappa shape index (κ3) is 1.33. The molecule has 14 heavy (non-hydrogen) atoms. The number of hydrogen-bond acceptors (Lipinski definition) is 2. The first-order valence-corrected chi connectivity index (χ1v) is 4.29. The van der Waals surface area contributed by atoms with Gasteiger partial charge in [-0.15, -0.1) is 0 Å². The van der Waals surface area contributed by atoms with Crippen LogP contribution in [0, 0.1) is 6.92 Å². The van der Waals surface area contributed by atoms with Gasteiger partial charge in [-0.3, -0.25) is 9.59 Å². The Balaban J connectivity index is 2.89. The van der Waals surface area contributed by atoms with Gasteiger partial charge in [-0.2, -0.15) is 0 Å². The molecule has 0 spiro atoms. The van der Waals surface area contributed by atoms with Gasteiger partial charge >= 0.3 is 0 Å². The summed E-state index contributed by atoms with van der Waals surface area (Å²) < 4.78 is 0. The van der Waals surface area contributed by atoms with Gasteiger partial charge in [0.05, 0.1) is 0 Å². The Morgan fingerprint density at radius 1 is 1.29 bits per heavy atom. The van der Waals surface area contributed by atoms with Gasteiger partial charge in [0.25, 0.3) is 0 Å². The lowest BCUT2D eigenvalue weighted by molar-refractivity contribution is 0.112. The zero-order valence-corrected chi connectivity index (χ0v) is 7.70. The number of aromatic amines is 1. The van der Waals surface area contributed by atoms with Crippen LogP contribution in [0.3, 0.4) is 0 Å². The summed E-state index contributed by atoms with van der Waals surface area (Å²) in [5.74, 6) is 0. The maximum Gasteiger partial charge on any atom is 0.189 e. The van der Waals surface area contributed by atoms with Crippen molar-refractivity contribution in [3.63, 3.8) is 0 Å². The van der Waals surface area contributed by atoms with E-state index in [9.17, 15) is 9.59 Å². The second-order valence-electron chi connectivity index (χ2n) is 3.24. The van der Waals surface area contributed by atoms with E-state index >= 15 is 0 Å². The molecule has 0 aliphatic carbocycles. The molecule has 0 saturated carbocycles. The van der Waals surface area contributed by atoms with E-state index in [1.54, 1.807) is 18.2 Å². The minimum atomic E-state index is -0.0556. The molecule has 0 unspecified atom stereocenters. The summed E-state index contributed by atoms with van der Waals surface area (Å²) in [4.78, 5) is 25.1. The van der Waals surface area contributed by atoms with Crippen LogP contribution in [-0.2, 0) is 0 Å². The largest absolute Gasteiger partial charge is 0.358 e. The van der Waals surface area contributed by atoms with Crippen LogP contribution in [-0.4, -0.2) is 11.3 Å². The van der Waals surface area contributed by atoms with Crippen LogP contribution >= 0.6 is 0 Å². The third-order valence-corrected chi connectivity index (χ3v) is 2.12. The van der Waals surface area contributed by atoms with Crippen LogP contribution < -0.4 is 5.43 Å². The molecule has 2 rings (SSSR count). The van der Waals surface area contributed by atoms with Crippen LogP contribution in [0.5, 0.6) is 0 Å². The SMILES string of the molecule is Cc1cc(=O)c2cc(C=O)ccc2[nH]1. The van der Waals surface area contributed by atoms with Gasteiger partial charge < -0.3 is 4.98 Å². The molecule has 3 heteroatoms. The van der Waals surface area contributed by atoms with Gasteiger partial charge in [-0.1, -0.05) is 0 Å². The van der Waals surface area contributed by atoms with Crippen LogP contribution in [0.15, 0.2) is 29.1 Å². The molecule has 1 N–H and O–H groups in total. The van der Waals surface area contributed by atoms with Crippen molar-refractivity contribution >= 4 is 17.2 Å². The highest BCUT2D eigenvalue weighted by Crippen LogP contribution is 2.09. The molecule has 3 nitrogen and oxygen atoms in total. The molecule has 0 radical (unpaired) electrons. The van der Waals surface area contributed by atoms with Crippen molar-refractivity contribution in [3.8, 4) is 0 Å². The molecule has 70 valence electrons. The first-order chi connectivity index (χ1) is 6.70. The molecular weight excluding hydrogens is 178 g/mol. The predicted molar refractivity (Wildman–Crippen MR) is 54.7 cm³/mol. The first kappa shape index (κ1) is 8.69. The van der Waals surface area contributed by atoms with Crippen LogP contribution in [0.2, 0.25) is 0 Å². The van der Waals surface area contributed by atoms with Gasteiger partial charge in [0.15, 0.2) is 5.43 Å². The fourth-order valence-electron chi connectivity index (χ4n) is 1.47. The molecule has 1 aromatic heterocycles. The lowest BCUT2D eigenvalue weighted by Crippen LogP contribution is -2.03. The lowest BCUT2D eigenvalue weighted by Gasteiger charge is -1.99. The lowest BCUT2D eigenvalue weighted by atomic mass is 10.1. The summed E-state index contributed by atoms with van der Waals surface area (Å²) in [7, 11) is 0. The molecule has 1 heterocycles.